The molecule has 0 fully saturated rings. The summed E-state index contributed by atoms with van der Waals surface area (Å²) in [6, 6.07) is 52.1. The number of fused-ring (bicyclic) bond motifs is 6. The number of benzene rings is 7. The fourth-order valence-electron chi connectivity index (χ4n) is 8.11. The molecule has 7 nitrogen and oxygen atoms in total. The SMILES string of the molecule is CC(C)c1ccc(N(c2ccc(N=O)cc2)c2cccc3c2c2cccc4c5c(N(c6ccc(N=O)cc6)c6ccc(C(C)C)cc6)cccc5n3c24)cc1. The van der Waals surface area contributed by atoms with Crippen molar-refractivity contribution in [3.8, 4) is 0 Å². The van der Waals surface area contributed by atoms with Gasteiger partial charge in [0.1, 0.15) is 11.4 Å². The summed E-state index contributed by atoms with van der Waals surface area (Å²) in [5.41, 5.74) is 12.7. The fourth-order valence-corrected chi connectivity index (χ4v) is 8.11. The molecule has 0 unspecified atom stereocenters. The molecule has 9 aromatic rings. The van der Waals surface area contributed by atoms with E-state index in [1.54, 1.807) is 24.3 Å². The maximum atomic E-state index is 11.4. The minimum Gasteiger partial charge on any atom is -0.310 e. The molecule has 0 spiro atoms. The van der Waals surface area contributed by atoms with Gasteiger partial charge in [-0.25, -0.2) is 0 Å². The minimum atomic E-state index is 0.390. The van der Waals surface area contributed by atoms with Gasteiger partial charge in [-0.2, -0.15) is 0 Å². The molecule has 0 aliphatic rings. The van der Waals surface area contributed by atoms with E-state index in [1.807, 2.05) is 24.3 Å². The number of nitroso groups, excluding NO2 is 2. The molecule has 0 radical (unpaired) electrons. The smallest absolute Gasteiger partial charge is 0.108 e. The highest BCUT2D eigenvalue weighted by Gasteiger charge is 2.26. The number of anilines is 6. The number of rotatable bonds is 10. The van der Waals surface area contributed by atoms with E-state index in [0.717, 1.165) is 72.2 Å². The normalized spacial score (nSPS) is 11.7. The summed E-state index contributed by atoms with van der Waals surface area (Å²) in [4.78, 5) is 27.3. The van der Waals surface area contributed by atoms with Crippen LogP contribution in [0.3, 0.4) is 0 Å². The second-order valence-electron chi connectivity index (χ2n) is 14.8. The van der Waals surface area contributed by atoms with Crippen molar-refractivity contribution >= 4 is 83.6 Å². The fraction of sp³-hybridized carbons (Fsp3) is 0.125. The van der Waals surface area contributed by atoms with Gasteiger partial charge in [0.2, 0.25) is 0 Å². The molecule has 268 valence electrons. The standard InChI is InChI=1S/C48H39N5O2/c1-30(2)32-14-22-36(23-15-32)51(38-26-18-34(49-54)19-27-38)42-10-6-12-44-46(42)40-8-5-9-41-47-43(11-7-13-45(47)53(44)48(40)41)52(39-28-20-35(50-55)21-29-39)37-24-16-33(17-25-37)31(3)4/h5-31H,1-4H3. The molecule has 7 aromatic carbocycles. The van der Waals surface area contributed by atoms with Crippen LogP contribution >= 0.6 is 0 Å². The summed E-state index contributed by atoms with van der Waals surface area (Å²) in [6.07, 6.45) is 0. The number of nitrogens with zero attached hydrogens (tertiary/aromatic N) is 5. The van der Waals surface area contributed by atoms with Crippen molar-refractivity contribution in [3.05, 3.63) is 173 Å². The molecule has 0 bridgehead atoms. The van der Waals surface area contributed by atoms with Crippen LogP contribution < -0.4 is 9.80 Å². The van der Waals surface area contributed by atoms with Crippen LogP contribution in [0.2, 0.25) is 0 Å². The van der Waals surface area contributed by atoms with Gasteiger partial charge in [0.25, 0.3) is 0 Å². The lowest BCUT2D eigenvalue weighted by Gasteiger charge is -2.27. The third-order valence-electron chi connectivity index (χ3n) is 10.9. The van der Waals surface area contributed by atoms with E-state index >= 15 is 0 Å². The van der Waals surface area contributed by atoms with Gasteiger partial charge in [0, 0.05) is 44.3 Å². The summed E-state index contributed by atoms with van der Waals surface area (Å²) in [7, 11) is 0. The highest BCUT2D eigenvalue weighted by atomic mass is 16.3. The van der Waals surface area contributed by atoms with Gasteiger partial charge in [0.15, 0.2) is 0 Å². The summed E-state index contributed by atoms with van der Waals surface area (Å²) < 4.78 is 2.40. The van der Waals surface area contributed by atoms with Crippen LogP contribution in [-0.4, -0.2) is 4.40 Å². The van der Waals surface area contributed by atoms with Crippen LogP contribution in [0.1, 0.15) is 50.7 Å². The zero-order valence-corrected chi connectivity index (χ0v) is 31.1. The summed E-state index contributed by atoms with van der Waals surface area (Å²) in [6.45, 7) is 8.81. The average molecular weight is 718 g/mol. The zero-order chi connectivity index (χ0) is 37.8. The Kier molecular flexibility index (Phi) is 8.35. The first kappa shape index (κ1) is 33.9. The van der Waals surface area contributed by atoms with Crippen molar-refractivity contribution in [3.63, 3.8) is 0 Å². The Bertz CT molecular complexity index is 2650. The van der Waals surface area contributed by atoms with Gasteiger partial charge in [-0.15, -0.1) is 9.81 Å². The molecule has 0 atom stereocenters. The first-order chi connectivity index (χ1) is 26.9. The summed E-state index contributed by atoms with van der Waals surface area (Å²) >= 11 is 0. The monoisotopic (exact) mass is 717 g/mol. The molecule has 0 saturated heterocycles. The van der Waals surface area contributed by atoms with E-state index in [2.05, 4.69) is 155 Å². The van der Waals surface area contributed by atoms with Crippen molar-refractivity contribution in [2.24, 2.45) is 10.4 Å². The Morgan fingerprint density at radius 1 is 0.436 bits per heavy atom. The quantitative estimate of drug-likeness (QED) is 0.132. The summed E-state index contributed by atoms with van der Waals surface area (Å²) in [5.74, 6) is 0.817. The topological polar surface area (TPSA) is 69.8 Å². The Labute approximate surface area is 319 Å². The number of hydrogen-bond acceptors (Lipinski definition) is 6. The van der Waals surface area contributed by atoms with Crippen molar-refractivity contribution in [1.82, 2.24) is 4.40 Å². The maximum Gasteiger partial charge on any atom is 0.108 e. The average Bonchev–Trinajstić information content (AvgIpc) is 3.75. The van der Waals surface area contributed by atoms with Gasteiger partial charge >= 0.3 is 0 Å². The van der Waals surface area contributed by atoms with Gasteiger partial charge < -0.3 is 14.2 Å². The molecular formula is C48H39N5O2. The molecule has 9 rings (SSSR count). The number of aromatic nitrogens is 1. The lowest BCUT2D eigenvalue weighted by atomic mass is 10.0. The molecule has 0 amide bonds. The molecular weight excluding hydrogens is 679 g/mol. The van der Waals surface area contributed by atoms with Crippen LogP contribution in [0.25, 0.3) is 38.1 Å². The van der Waals surface area contributed by atoms with E-state index in [4.69, 9.17) is 0 Å². The Hall–Kier alpha value is -6.86. The predicted octanol–water partition coefficient (Wildman–Crippen LogP) is 14.8. The molecule has 0 N–H and O–H groups in total. The van der Waals surface area contributed by atoms with Crippen LogP contribution in [0.5, 0.6) is 0 Å². The lowest BCUT2D eigenvalue weighted by Crippen LogP contribution is -2.10. The molecule has 2 heterocycles. The minimum absolute atomic E-state index is 0.390. The molecule has 0 saturated carbocycles. The van der Waals surface area contributed by atoms with Crippen molar-refractivity contribution in [2.45, 2.75) is 39.5 Å². The molecule has 2 aromatic heterocycles. The third-order valence-corrected chi connectivity index (χ3v) is 10.9. The lowest BCUT2D eigenvalue weighted by molar-refractivity contribution is 0.866. The highest BCUT2D eigenvalue weighted by molar-refractivity contribution is 6.28. The first-order valence-corrected chi connectivity index (χ1v) is 18.7. The van der Waals surface area contributed by atoms with Crippen LogP contribution in [0.4, 0.5) is 45.5 Å². The molecule has 0 aliphatic carbocycles. The number of hydrogen-bond donors (Lipinski definition) is 0. The van der Waals surface area contributed by atoms with Crippen LogP contribution in [0.15, 0.2) is 162 Å². The Morgan fingerprint density at radius 2 is 0.782 bits per heavy atom. The highest BCUT2D eigenvalue weighted by Crippen LogP contribution is 2.49. The van der Waals surface area contributed by atoms with Gasteiger partial charge in [-0.3, -0.25) is 0 Å². The van der Waals surface area contributed by atoms with Crippen molar-refractivity contribution in [1.29, 1.82) is 0 Å². The predicted molar refractivity (Wildman–Crippen MR) is 230 cm³/mol. The van der Waals surface area contributed by atoms with E-state index in [9.17, 15) is 9.81 Å². The second-order valence-corrected chi connectivity index (χ2v) is 14.8. The first-order valence-electron chi connectivity index (χ1n) is 18.7. The summed E-state index contributed by atoms with van der Waals surface area (Å²) in [5, 5.41) is 10.9. The van der Waals surface area contributed by atoms with Crippen LogP contribution in [0, 0.1) is 9.81 Å². The third kappa shape index (κ3) is 5.59. The Morgan fingerprint density at radius 3 is 1.13 bits per heavy atom. The van der Waals surface area contributed by atoms with Crippen molar-refractivity contribution in [2.75, 3.05) is 9.80 Å². The van der Waals surface area contributed by atoms with E-state index in [-0.39, 0.29) is 0 Å². The van der Waals surface area contributed by atoms with Crippen LogP contribution in [-0.2, 0) is 0 Å². The molecule has 55 heavy (non-hydrogen) atoms. The molecule has 0 aliphatic heterocycles. The maximum absolute atomic E-state index is 11.4. The van der Waals surface area contributed by atoms with Gasteiger partial charge in [0.05, 0.1) is 27.9 Å². The number of para-hydroxylation sites is 1. The van der Waals surface area contributed by atoms with E-state index in [1.165, 1.54) is 11.1 Å². The van der Waals surface area contributed by atoms with Crippen molar-refractivity contribution < 1.29 is 0 Å². The van der Waals surface area contributed by atoms with Gasteiger partial charge in [-0.1, -0.05) is 82.3 Å². The van der Waals surface area contributed by atoms with Gasteiger partial charge in [-0.05, 0) is 130 Å². The largest absolute Gasteiger partial charge is 0.310 e. The van der Waals surface area contributed by atoms with E-state index in [0.29, 0.717) is 23.2 Å². The second kappa shape index (κ2) is 13.5. The zero-order valence-electron chi connectivity index (χ0n) is 31.1. The molecule has 7 heteroatoms. The Balaban J connectivity index is 1.30. The van der Waals surface area contributed by atoms with E-state index < -0.39 is 0 Å².